The summed E-state index contributed by atoms with van der Waals surface area (Å²) in [5.74, 6) is 0.658. The summed E-state index contributed by atoms with van der Waals surface area (Å²) in [6, 6.07) is 18.1. The van der Waals surface area contributed by atoms with Crippen LogP contribution < -0.4 is 5.32 Å². The zero-order valence-electron chi connectivity index (χ0n) is 17.7. The summed E-state index contributed by atoms with van der Waals surface area (Å²) in [6.07, 6.45) is 2.19. The van der Waals surface area contributed by atoms with Gasteiger partial charge in [0.25, 0.3) is 0 Å². The average molecular weight is 449 g/mol. The largest absolute Gasteiger partial charge is 0.388 e. The molecule has 4 aromatic rings. The third-order valence-electron chi connectivity index (χ3n) is 5.80. The van der Waals surface area contributed by atoms with Gasteiger partial charge >= 0.3 is 0 Å². The zero-order chi connectivity index (χ0) is 22.2. The SMILES string of the molecule is CSc1ccc(Nc2ncnc3c2c(-c2ccccc2)cn3[C@@H]2O[C@H](C)[C@@H](O)[C@H]2O)cc1. The van der Waals surface area contributed by atoms with Crippen molar-refractivity contribution in [3.63, 3.8) is 0 Å². The molecule has 164 valence electrons. The van der Waals surface area contributed by atoms with Crippen molar-refractivity contribution in [2.24, 2.45) is 0 Å². The molecule has 1 saturated heterocycles. The van der Waals surface area contributed by atoms with Crippen LogP contribution in [0.15, 0.2) is 72.0 Å². The lowest BCUT2D eigenvalue weighted by molar-refractivity contribution is -0.0295. The molecule has 2 aromatic carbocycles. The van der Waals surface area contributed by atoms with Gasteiger partial charge in [-0.25, -0.2) is 9.97 Å². The molecule has 0 spiro atoms. The standard InChI is InChI=1S/C24H24N4O3S/c1-14-20(29)21(30)24(31-14)28-12-18(15-6-4-3-5-7-15)19-22(25-13-26-23(19)28)27-16-8-10-17(32-2)11-9-16/h3-14,20-21,24,29-30H,1-2H3,(H,25,26,27)/t14-,20-,21-,24-/m1/s1. The van der Waals surface area contributed by atoms with Crippen LogP contribution in [-0.2, 0) is 4.74 Å². The summed E-state index contributed by atoms with van der Waals surface area (Å²) < 4.78 is 7.68. The van der Waals surface area contributed by atoms with Gasteiger partial charge in [0.05, 0.1) is 11.5 Å². The van der Waals surface area contributed by atoms with E-state index in [0.29, 0.717) is 11.5 Å². The van der Waals surface area contributed by atoms with E-state index in [0.717, 1.165) is 22.2 Å². The number of aliphatic hydroxyl groups is 2. The van der Waals surface area contributed by atoms with Crippen LogP contribution >= 0.6 is 11.8 Å². The number of ether oxygens (including phenoxy) is 1. The summed E-state index contributed by atoms with van der Waals surface area (Å²) in [5.41, 5.74) is 3.44. The van der Waals surface area contributed by atoms with Crippen LogP contribution in [0, 0.1) is 0 Å². The minimum Gasteiger partial charge on any atom is -0.388 e. The zero-order valence-corrected chi connectivity index (χ0v) is 18.5. The average Bonchev–Trinajstić information content (AvgIpc) is 3.34. The molecule has 1 aliphatic heterocycles. The van der Waals surface area contributed by atoms with Crippen LogP contribution in [0.3, 0.4) is 0 Å². The number of thioether (sulfide) groups is 1. The Morgan fingerprint density at radius 3 is 2.41 bits per heavy atom. The Hall–Kier alpha value is -2.91. The Kier molecular flexibility index (Phi) is 5.60. The van der Waals surface area contributed by atoms with Crippen LogP contribution in [-0.4, -0.2) is 49.3 Å². The first-order chi connectivity index (χ1) is 15.6. The summed E-state index contributed by atoms with van der Waals surface area (Å²) in [5, 5.41) is 25.1. The van der Waals surface area contributed by atoms with Gasteiger partial charge in [0.15, 0.2) is 6.23 Å². The molecule has 8 heteroatoms. The molecule has 4 atom stereocenters. The van der Waals surface area contributed by atoms with Crippen LogP contribution in [0.4, 0.5) is 11.5 Å². The molecule has 2 aromatic heterocycles. The summed E-state index contributed by atoms with van der Waals surface area (Å²) in [4.78, 5) is 10.2. The quantitative estimate of drug-likeness (QED) is 0.394. The summed E-state index contributed by atoms with van der Waals surface area (Å²) >= 11 is 1.69. The molecule has 7 nitrogen and oxygen atoms in total. The van der Waals surface area contributed by atoms with Crippen molar-refractivity contribution < 1.29 is 14.9 Å². The lowest BCUT2D eigenvalue weighted by Crippen LogP contribution is -2.30. The van der Waals surface area contributed by atoms with Crippen molar-refractivity contribution in [1.82, 2.24) is 14.5 Å². The monoisotopic (exact) mass is 448 g/mol. The number of anilines is 2. The van der Waals surface area contributed by atoms with Gasteiger partial charge in [0.1, 0.15) is 30.0 Å². The molecular formula is C24H24N4O3S. The van der Waals surface area contributed by atoms with E-state index >= 15 is 0 Å². The molecule has 1 fully saturated rings. The predicted octanol–water partition coefficient (Wildman–Crippen LogP) is 4.20. The highest BCUT2D eigenvalue weighted by Crippen LogP contribution is 2.39. The second kappa shape index (κ2) is 8.55. The predicted molar refractivity (Wildman–Crippen MR) is 126 cm³/mol. The molecule has 0 unspecified atom stereocenters. The molecule has 0 saturated carbocycles. The second-order valence-electron chi connectivity index (χ2n) is 7.80. The highest BCUT2D eigenvalue weighted by atomic mass is 32.2. The fraction of sp³-hybridized carbons (Fsp3) is 0.250. The Morgan fingerprint density at radius 2 is 1.75 bits per heavy atom. The van der Waals surface area contributed by atoms with E-state index in [1.807, 2.05) is 54.9 Å². The molecular weight excluding hydrogens is 424 g/mol. The van der Waals surface area contributed by atoms with Crippen LogP contribution in [0.2, 0.25) is 0 Å². The van der Waals surface area contributed by atoms with E-state index in [9.17, 15) is 10.2 Å². The molecule has 5 rings (SSSR count). The van der Waals surface area contributed by atoms with Crippen LogP contribution in [0.1, 0.15) is 13.2 Å². The normalized spacial score (nSPS) is 23.0. The Balaban J connectivity index is 1.66. The highest BCUT2D eigenvalue weighted by molar-refractivity contribution is 7.98. The minimum atomic E-state index is -1.06. The Bertz CT molecular complexity index is 1230. The number of nitrogens with zero attached hydrogens (tertiary/aromatic N) is 3. The van der Waals surface area contributed by atoms with E-state index in [1.165, 1.54) is 11.2 Å². The number of aromatic nitrogens is 3. The van der Waals surface area contributed by atoms with E-state index < -0.39 is 24.5 Å². The fourth-order valence-electron chi connectivity index (χ4n) is 4.08. The molecule has 1 aliphatic rings. The number of hydrogen-bond acceptors (Lipinski definition) is 7. The van der Waals surface area contributed by atoms with Crippen molar-refractivity contribution in [1.29, 1.82) is 0 Å². The lowest BCUT2D eigenvalue weighted by Gasteiger charge is -2.17. The van der Waals surface area contributed by atoms with E-state index in [4.69, 9.17) is 4.74 Å². The topological polar surface area (TPSA) is 92.4 Å². The van der Waals surface area contributed by atoms with Gasteiger partial charge in [0, 0.05) is 22.3 Å². The van der Waals surface area contributed by atoms with E-state index in [2.05, 4.69) is 27.4 Å². The first-order valence-corrected chi connectivity index (χ1v) is 11.6. The molecule has 0 amide bonds. The molecule has 0 bridgehead atoms. The molecule has 3 heterocycles. The van der Waals surface area contributed by atoms with Crippen molar-refractivity contribution in [2.75, 3.05) is 11.6 Å². The number of nitrogens with one attached hydrogen (secondary N) is 1. The third-order valence-corrected chi connectivity index (χ3v) is 6.54. The van der Waals surface area contributed by atoms with Crippen LogP contribution in [0.5, 0.6) is 0 Å². The number of benzene rings is 2. The highest BCUT2D eigenvalue weighted by Gasteiger charge is 2.42. The van der Waals surface area contributed by atoms with Gasteiger partial charge in [-0.2, -0.15) is 0 Å². The lowest BCUT2D eigenvalue weighted by atomic mass is 10.1. The van der Waals surface area contributed by atoms with Gasteiger partial charge in [-0.1, -0.05) is 30.3 Å². The molecule has 32 heavy (non-hydrogen) atoms. The molecule has 3 N–H and O–H groups in total. The first-order valence-electron chi connectivity index (χ1n) is 10.4. The number of rotatable bonds is 5. The van der Waals surface area contributed by atoms with Crippen molar-refractivity contribution in [2.45, 2.75) is 36.4 Å². The summed E-state index contributed by atoms with van der Waals surface area (Å²) in [6.45, 7) is 1.75. The smallest absolute Gasteiger partial charge is 0.164 e. The number of fused-ring (bicyclic) bond motifs is 1. The summed E-state index contributed by atoms with van der Waals surface area (Å²) in [7, 11) is 0. The molecule has 0 aliphatic carbocycles. The number of hydrogen-bond donors (Lipinski definition) is 3. The van der Waals surface area contributed by atoms with Crippen molar-refractivity contribution >= 4 is 34.3 Å². The maximum Gasteiger partial charge on any atom is 0.164 e. The Labute approximate surface area is 190 Å². The van der Waals surface area contributed by atoms with Gasteiger partial charge in [-0.05, 0) is 43.0 Å². The van der Waals surface area contributed by atoms with Gasteiger partial charge in [0.2, 0.25) is 0 Å². The van der Waals surface area contributed by atoms with Crippen molar-refractivity contribution in [3.8, 4) is 11.1 Å². The third kappa shape index (κ3) is 3.65. The maximum atomic E-state index is 10.6. The van der Waals surface area contributed by atoms with Gasteiger partial charge in [-0.3, -0.25) is 0 Å². The van der Waals surface area contributed by atoms with E-state index in [-0.39, 0.29) is 0 Å². The first kappa shape index (κ1) is 21.0. The van der Waals surface area contributed by atoms with Gasteiger partial charge < -0.3 is 24.8 Å². The van der Waals surface area contributed by atoms with Crippen LogP contribution in [0.25, 0.3) is 22.2 Å². The maximum absolute atomic E-state index is 10.6. The van der Waals surface area contributed by atoms with Crippen molar-refractivity contribution in [3.05, 3.63) is 67.1 Å². The molecule has 0 radical (unpaired) electrons. The Morgan fingerprint density at radius 1 is 1.00 bits per heavy atom. The second-order valence-corrected chi connectivity index (χ2v) is 8.68. The fourth-order valence-corrected chi connectivity index (χ4v) is 4.49. The van der Waals surface area contributed by atoms with Gasteiger partial charge in [-0.15, -0.1) is 11.8 Å². The minimum absolute atomic E-state index is 0.484. The number of aliphatic hydroxyl groups excluding tert-OH is 2. The van der Waals surface area contributed by atoms with E-state index in [1.54, 1.807) is 23.3 Å².